The van der Waals surface area contributed by atoms with Gasteiger partial charge in [-0.15, -0.1) is 0 Å². The summed E-state index contributed by atoms with van der Waals surface area (Å²) >= 11 is 0. The van der Waals surface area contributed by atoms with Gasteiger partial charge in [0.05, 0.1) is 0 Å². The van der Waals surface area contributed by atoms with E-state index in [1.807, 2.05) is 6.79 Å². The summed E-state index contributed by atoms with van der Waals surface area (Å²) in [6.07, 6.45) is 4.12. The molecule has 0 aliphatic carbocycles. The van der Waals surface area contributed by atoms with Gasteiger partial charge in [0.25, 0.3) is 0 Å². The molecule has 0 atom stereocenters. The number of carbonyl (C=O) groups excluding carboxylic acids is 1. The Balaban J connectivity index is 0. The Morgan fingerprint density at radius 1 is 1.17 bits per heavy atom. The Morgan fingerprint density at radius 3 is 1.33 bits per heavy atom. The third-order valence-corrected chi connectivity index (χ3v) is 1.50. The summed E-state index contributed by atoms with van der Waals surface area (Å²) in [5, 5.41) is 0. The fraction of sp³-hybridized carbons (Fsp3) is 0.667. The zero-order valence-electron chi connectivity index (χ0n) is 3.93. The van der Waals surface area contributed by atoms with Gasteiger partial charge in [-0.3, -0.25) is 0 Å². The molecule has 3 heteroatoms. The molecule has 6 heavy (non-hydrogen) atoms. The molecule has 0 saturated heterocycles. The minimum Gasteiger partial charge on any atom is -0.307 e. The molecular weight excluding hydrogens is 116 g/mol. The zero-order valence-corrected chi connectivity index (χ0v) is 5.56. The van der Waals surface area contributed by atoms with Crippen molar-refractivity contribution in [3.8, 4) is 0 Å². The first-order valence-electron chi connectivity index (χ1n) is 1.27. The van der Waals surface area contributed by atoms with Crippen molar-refractivity contribution in [3.05, 3.63) is 0 Å². The van der Waals surface area contributed by atoms with Gasteiger partial charge in [0.2, 0.25) is 0 Å². The van der Waals surface area contributed by atoms with Gasteiger partial charge < -0.3 is 4.79 Å². The lowest BCUT2D eigenvalue weighted by Crippen LogP contribution is -1.28. The van der Waals surface area contributed by atoms with E-state index >= 15 is 0 Å². The van der Waals surface area contributed by atoms with Gasteiger partial charge in [-0.25, -0.2) is 0 Å². The molecule has 0 fully saturated rings. The van der Waals surface area contributed by atoms with Gasteiger partial charge in [0.1, 0.15) is 6.79 Å². The van der Waals surface area contributed by atoms with Crippen molar-refractivity contribution in [2.45, 2.75) is 0 Å². The van der Waals surface area contributed by atoms with E-state index in [9.17, 15) is 0 Å². The fourth-order valence-corrected chi connectivity index (χ4v) is 0. The van der Waals surface area contributed by atoms with Crippen molar-refractivity contribution in [2.24, 2.45) is 0 Å². The van der Waals surface area contributed by atoms with Gasteiger partial charge in [0.15, 0.2) is 0 Å². The van der Waals surface area contributed by atoms with Crippen LogP contribution in [0, 0.1) is 0 Å². The predicted molar refractivity (Wildman–Crippen MR) is 34.2 cm³/mol. The van der Waals surface area contributed by atoms with Crippen LogP contribution in [0.1, 0.15) is 0 Å². The van der Waals surface area contributed by atoms with Crippen LogP contribution in [0.3, 0.4) is 0 Å². The maximum Gasteiger partial charge on any atom is 0.106 e. The van der Waals surface area contributed by atoms with Gasteiger partial charge in [0, 0.05) is 0 Å². The molecule has 1 nitrogen and oxygen atoms in total. The van der Waals surface area contributed by atoms with Crippen molar-refractivity contribution < 1.29 is 4.79 Å². The number of hydrogen-bond acceptors (Lipinski definition) is 3. The smallest absolute Gasteiger partial charge is 0.106 e. The van der Waals surface area contributed by atoms with Crippen LogP contribution >= 0.6 is 21.6 Å². The molecule has 0 radical (unpaired) electrons. The van der Waals surface area contributed by atoms with Gasteiger partial charge in [-0.2, -0.15) is 0 Å². The van der Waals surface area contributed by atoms with Crippen LogP contribution in [-0.4, -0.2) is 19.3 Å². The molecule has 0 aromatic carbocycles. The summed E-state index contributed by atoms with van der Waals surface area (Å²) in [7, 11) is 3.55. The Kier molecular flexibility index (Phi) is 29.3. The average Bonchev–Trinajstić information content (AvgIpc) is 1.72. The summed E-state index contributed by atoms with van der Waals surface area (Å²) in [6.45, 7) is 2.00. The van der Waals surface area contributed by atoms with Crippen molar-refractivity contribution in [2.75, 3.05) is 12.5 Å². The normalized spacial score (nSPS) is 5.67. The summed E-state index contributed by atoms with van der Waals surface area (Å²) in [4.78, 5) is 8.00. The van der Waals surface area contributed by atoms with Crippen LogP contribution in [0.4, 0.5) is 0 Å². The maximum absolute atomic E-state index is 8.00. The molecule has 0 aliphatic rings. The Labute approximate surface area is 46.3 Å². The van der Waals surface area contributed by atoms with E-state index in [1.54, 1.807) is 21.6 Å². The number of rotatable bonds is 1. The van der Waals surface area contributed by atoms with E-state index in [4.69, 9.17) is 4.79 Å². The monoisotopic (exact) mass is 124 g/mol. The molecule has 0 amide bonds. The first kappa shape index (κ1) is 9.62. The van der Waals surface area contributed by atoms with Crippen LogP contribution in [-0.2, 0) is 4.79 Å². The minimum absolute atomic E-state index is 1.77. The second-order valence-electron chi connectivity index (χ2n) is 0.333. The highest BCUT2D eigenvalue weighted by Gasteiger charge is 1.55. The molecule has 0 unspecified atom stereocenters. The lowest BCUT2D eigenvalue weighted by Gasteiger charge is -1.69. The van der Waals surface area contributed by atoms with Crippen molar-refractivity contribution >= 4 is 28.4 Å². The van der Waals surface area contributed by atoms with Crippen LogP contribution in [0.15, 0.2) is 0 Å². The van der Waals surface area contributed by atoms with Gasteiger partial charge >= 0.3 is 0 Å². The van der Waals surface area contributed by atoms with E-state index in [0.29, 0.717) is 0 Å². The third kappa shape index (κ3) is 26.4. The van der Waals surface area contributed by atoms with Gasteiger partial charge in [-0.05, 0) is 12.5 Å². The molecule has 0 rings (SSSR count). The van der Waals surface area contributed by atoms with E-state index in [2.05, 4.69) is 12.5 Å². The van der Waals surface area contributed by atoms with Crippen molar-refractivity contribution in [1.82, 2.24) is 0 Å². The highest BCUT2D eigenvalue weighted by Crippen LogP contribution is 2.09. The van der Waals surface area contributed by atoms with Crippen LogP contribution in [0.5, 0.6) is 0 Å². The van der Waals surface area contributed by atoms with Crippen LogP contribution in [0.2, 0.25) is 0 Å². The number of hydrogen-bond donors (Lipinski definition) is 0. The molecule has 0 saturated carbocycles. The van der Waals surface area contributed by atoms with Crippen LogP contribution in [0.25, 0.3) is 0 Å². The summed E-state index contributed by atoms with van der Waals surface area (Å²) in [6, 6.07) is 0. The lowest BCUT2D eigenvalue weighted by molar-refractivity contribution is -0.0979. The summed E-state index contributed by atoms with van der Waals surface area (Å²) in [5.74, 6) is 0. The Bertz CT molecular complexity index is 16.3. The quantitative estimate of drug-likeness (QED) is 0.492. The first-order chi connectivity index (χ1) is 2.91. The standard InChI is InChI=1S/C2H6S2.CH2O/c1-3-4-2;1-2/h1-2H3;1H2. The predicted octanol–water partition coefficient (Wildman–Crippen LogP) is 1.44. The second-order valence-corrected chi connectivity index (χ2v) is 3.00. The largest absolute Gasteiger partial charge is 0.307 e. The Hall–Kier alpha value is 0.370. The lowest BCUT2D eigenvalue weighted by atomic mass is 11.9. The molecule has 0 bridgehead atoms. The first-order valence-corrected chi connectivity index (χ1v) is 4.24. The molecule has 0 N–H and O–H groups in total. The molecule has 0 aromatic heterocycles. The molecule has 38 valence electrons. The molecule has 0 aromatic rings. The minimum atomic E-state index is 1.77. The topological polar surface area (TPSA) is 17.1 Å². The molecule has 0 heterocycles. The Morgan fingerprint density at radius 2 is 1.33 bits per heavy atom. The maximum atomic E-state index is 8.00. The zero-order chi connectivity index (χ0) is 5.41. The molecular formula is C3H8OS2. The van der Waals surface area contributed by atoms with Gasteiger partial charge in [-0.1, -0.05) is 21.6 Å². The van der Waals surface area contributed by atoms with Crippen molar-refractivity contribution in [3.63, 3.8) is 0 Å². The highest BCUT2D eigenvalue weighted by atomic mass is 33.1. The molecule has 0 aliphatic heterocycles. The average molecular weight is 124 g/mol. The summed E-state index contributed by atoms with van der Waals surface area (Å²) < 4.78 is 0. The second kappa shape index (κ2) is 18.3. The van der Waals surface area contributed by atoms with E-state index in [1.165, 1.54) is 0 Å². The third-order valence-electron chi connectivity index (χ3n) is 0.167. The van der Waals surface area contributed by atoms with E-state index in [-0.39, 0.29) is 0 Å². The molecule has 0 spiro atoms. The van der Waals surface area contributed by atoms with Crippen LogP contribution < -0.4 is 0 Å². The van der Waals surface area contributed by atoms with E-state index < -0.39 is 0 Å². The highest BCUT2D eigenvalue weighted by molar-refractivity contribution is 8.76. The summed E-state index contributed by atoms with van der Waals surface area (Å²) in [5.41, 5.74) is 0. The van der Waals surface area contributed by atoms with E-state index in [0.717, 1.165) is 0 Å². The van der Waals surface area contributed by atoms with Crippen molar-refractivity contribution in [1.29, 1.82) is 0 Å². The number of carbonyl (C=O) groups is 1. The fourth-order valence-electron chi connectivity index (χ4n) is 0. The SMILES string of the molecule is C=O.CSSC.